The van der Waals surface area contributed by atoms with Crippen LogP contribution in [0.25, 0.3) is 0 Å². The number of hydrogen-bond acceptors (Lipinski definition) is 1. The van der Waals surface area contributed by atoms with Crippen molar-refractivity contribution in [2.75, 3.05) is 0 Å². The molecule has 0 amide bonds. The topological polar surface area (TPSA) is 12.9 Å². The van der Waals surface area contributed by atoms with Gasteiger partial charge >= 0.3 is 0 Å². The van der Waals surface area contributed by atoms with Gasteiger partial charge in [-0.05, 0) is 38.0 Å². The highest BCUT2D eigenvalue weighted by Gasteiger charge is 1.81. The normalized spacial score (nSPS) is 8.50. The van der Waals surface area contributed by atoms with Crippen LogP contribution in [0.4, 0.5) is 0 Å². The monoisotopic (exact) mass is 243 g/mol. The highest BCUT2D eigenvalue weighted by Crippen LogP contribution is 1.99. The van der Waals surface area contributed by atoms with Crippen LogP contribution in [-0.4, -0.2) is 4.98 Å². The fourth-order valence-corrected chi connectivity index (χ4v) is 1.26. The quantitative estimate of drug-likeness (QED) is 0.689. The van der Waals surface area contributed by atoms with Crippen LogP contribution < -0.4 is 0 Å². The number of nitrogens with zero attached hydrogens (tertiary/aromatic N) is 1. The lowest BCUT2D eigenvalue weighted by atomic mass is 10.2. The summed E-state index contributed by atoms with van der Waals surface area (Å²) in [7, 11) is 0. The largest absolute Gasteiger partial charge is 0.265 e. The fourth-order valence-electron chi connectivity index (χ4n) is 1.26. The van der Waals surface area contributed by atoms with E-state index in [1.165, 1.54) is 16.7 Å². The first kappa shape index (κ1) is 16.4. The van der Waals surface area contributed by atoms with Gasteiger partial charge < -0.3 is 0 Å². The van der Waals surface area contributed by atoms with Gasteiger partial charge in [0, 0.05) is 12.4 Å². The maximum Gasteiger partial charge on any atom is 0.0270 e. The molecule has 2 aromatic rings. The van der Waals surface area contributed by atoms with Gasteiger partial charge in [0.2, 0.25) is 0 Å². The molecular formula is C17H25N. The number of hydrogen-bond donors (Lipinski definition) is 0. The molecule has 0 aliphatic rings. The lowest BCUT2D eigenvalue weighted by Crippen LogP contribution is -1.76. The van der Waals surface area contributed by atoms with Gasteiger partial charge in [0.15, 0.2) is 0 Å². The summed E-state index contributed by atoms with van der Waals surface area (Å²) in [5.41, 5.74) is 4.01. The average molecular weight is 243 g/mol. The van der Waals surface area contributed by atoms with E-state index >= 15 is 0 Å². The molecule has 98 valence electrons. The van der Waals surface area contributed by atoms with E-state index in [2.05, 4.69) is 50.0 Å². The molecule has 1 heteroatoms. The molecule has 0 saturated carbocycles. The third-order valence-corrected chi connectivity index (χ3v) is 2.38. The second kappa shape index (κ2) is 10.5. The van der Waals surface area contributed by atoms with E-state index in [9.17, 15) is 0 Å². The minimum atomic E-state index is 1.10. The van der Waals surface area contributed by atoms with Gasteiger partial charge in [-0.25, -0.2) is 0 Å². The van der Waals surface area contributed by atoms with Crippen molar-refractivity contribution < 1.29 is 0 Å². The van der Waals surface area contributed by atoms with Crippen LogP contribution in [-0.2, 0) is 6.42 Å². The predicted molar refractivity (Wildman–Crippen MR) is 80.9 cm³/mol. The molecule has 1 heterocycles. The van der Waals surface area contributed by atoms with Crippen LogP contribution in [0.3, 0.4) is 0 Å². The van der Waals surface area contributed by atoms with Crippen LogP contribution in [0.2, 0.25) is 0 Å². The first-order valence-corrected chi connectivity index (χ1v) is 6.64. The van der Waals surface area contributed by atoms with Crippen molar-refractivity contribution in [2.24, 2.45) is 0 Å². The smallest absolute Gasteiger partial charge is 0.0270 e. The van der Waals surface area contributed by atoms with Crippen molar-refractivity contribution in [1.82, 2.24) is 4.98 Å². The minimum Gasteiger partial charge on any atom is -0.265 e. The Kier molecular flexibility index (Phi) is 9.57. The second-order valence-corrected chi connectivity index (χ2v) is 3.86. The minimum absolute atomic E-state index is 1.10. The molecule has 0 radical (unpaired) electrons. The molecule has 1 aromatic carbocycles. The molecule has 0 fully saturated rings. The van der Waals surface area contributed by atoms with Crippen molar-refractivity contribution in [3.05, 3.63) is 65.5 Å². The summed E-state index contributed by atoms with van der Waals surface area (Å²) in [5.74, 6) is 0. The summed E-state index contributed by atoms with van der Waals surface area (Å²) in [4.78, 5) is 3.89. The summed E-state index contributed by atoms with van der Waals surface area (Å²) in [5, 5.41) is 0. The summed E-state index contributed by atoms with van der Waals surface area (Å²) < 4.78 is 0. The maximum absolute atomic E-state index is 3.89. The van der Waals surface area contributed by atoms with Crippen molar-refractivity contribution in [1.29, 1.82) is 0 Å². The summed E-state index contributed by atoms with van der Waals surface area (Å²) in [6, 6.07) is 12.5. The Morgan fingerprint density at radius 3 is 1.44 bits per heavy atom. The van der Waals surface area contributed by atoms with Gasteiger partial charge in [0.05, 0.1) is 0 Å². The van der Waals surface area contributed by atoms with E-state index in [4.69, 9.17) is 0 Å². The summed E-state index contributed by atoms with van der Waals surface area (Å²) in [6.45, 7) is 10.3. The van der Waals surface area contributed by atoms with E-state index in [0.29, 0.717) is 0 Å². The van der Waals surface area contributed by atoms with Crippen molar-refractivity contribution in [3.8, 4) is 0 Å². The Bertz CT molecular complexity index is 369. The van der Waals surface area contributed by atoms with Gasteiger partial charge in [-0.2, -0.15) is 0 Å². The molecule has 0 aliphatic carbocycles. The third kappa shape index (κ3) is 7.61. The first-order chi connectivity index (χ1) is 8.72. The second-order valence-electron chi connectivity index (χ2n) is 3.86. The zero-order valence-electron chi connectivity index (χ0n) is 12.3. The zero-order valence-corrected chi connectivity index (χ0v) is 12.3. The number of aromatic nitrogens is 1. The van der Waals surface area contributed by atoms with Gasteiger partial charge in [0.1, 0.15) is 0 Å². The van der Waals surface area contributed by atoms with Crippen molar-refractivity contribution >= 4 is 0 Å². The van der Waals surface area contributed by atoms with Crippen LogP contribution in [0, 0.1) is 13.8 Å². The maximum atomic E-state index is 3.89. The average Bonchev–Trinajstić information content (AvgIpc) is 2.46. The molecule has 0 N–H and O–H groups in total. The van der Waals surface area contributed by atoms with Crippen LogP contribution in [0.5, 0.6) is 0 Å². The lowest BCUT2D eigenvalue weighted by Gasteiger charge is -1.90. The van der Waals surface area contributed by atoms with E-state index in [-0.39, 0.29) is 0 Å². The van der Waals surface area contributed by atoms with E-state index in [1.54, 1.807) is 0 Å². The third-order valence-electron chi connectivity index (χ3n) is 2.38. The molecule has 0 atom stereocenters. The van der Waals surface area contributed by atoms with Crippen LogP contribution in [0.15, 0.2) is 48.8 Å². The van der Waals surface area contributed by atoms with E-state index < -0.39 is 0 Å². The summed E-state index contributed by atoms with van der Waals surface area (Å²) in [6.07, 6.45) is 4.74. The fraction of sp³-hybridized carbons (Fsp3) is 0.353. The molecule has 2 rings (SSSR count). The zero-order chi connectivity index (χ0) is 13.8. The van der Waals surface area contributed by atoms with Gasteiger partial charge in [-0.1, -0.05) is 56.2 Å². The molecule has 0 aliphatic heterocycles. The molecular weight excluding hydrogens is 218 g/mol. The molecule has 0 saturated heterocycles. The molecule has 18 heavy (non-hydrogen) atoms. The number of rotatable bonds is 1. The number of pyridine rings is 1. The Balaban J connectivity index is 0.000000283. The summed E-state index contributed by atoms with van der Waals surface area (Å²) >= 11 is 0. The van der Waals surface area contributed by atoms with Crippen LogP contribution in [0.1, 0.15) is 37.5 Å². The van der Waals surface area contributed by atoms with Gasteiger partial charge in [-0.3, -0.25) is 4.98 Å². The predicted octanol–water partition coefficient (Wildman–Crippen LogP) is 4.97. The van der Waals surface area contributed by atoms with Gasteiger partial charge in [0.25, 0.3) is 0 Å². The first-order valence-electron chi connectivity index (χ1n) is 6.64. The molecule has 0 bridgehead atoms. The van der Waals surface area contributed by atoms with E-state index in [0.717, 1.165) is 6.42 Å². The standard InChI is InChI=1S/C8H10.C7H9N.C2H6/c1-7-3-5-8(2)6-4-7;1-2-7-3-5-8-6-4-7;1-2/h3-6H,1-2H3;3-6H,2H2,1H3;1-2H3. The van der Waals surface area contributed by atoms with Crippen molar-refractivity contribution in [3.63, 3.8) is 0 Å². The highest BCUT2D eigenvalue weighted by atomic mass is 14.6. The van der Waals surface area contributed by atoms with Crippen molar-refractivity contribution in [2.45, 2.75) is 41.0 Å². The SMILES string of the molecule is CC.CCc1ccncc1.Cc1ccc(C)cc1. The Morgan fingerprint density at radius 2 is 1.17 bits per heavy atom. The van der Waals surface area contributed by atoms with Crippen LogP contribution >= 0.6 is 0 Å². The van der Waals surface area contributed by atoms with E-state index in [1.807, 2.05) is 38.4 Å². The highest BCUT2D eigenvalue weighted by molar-refractivity contribution is 5.19. The molecule has 0 spiro atoms. The number of aryl methyl sites for hydroxylation is 3. The molecule has 0 unspecified atom stereocenters. The Hall–Kier alpha value is -1.63. The molecule has 1 aromatic heterocycles. The Morgan fingerprint density at radius 1 is 0.778 bits per heavy atom. The number of benzene rings is 1. The van der Waals surface area contributed by atoms with Gasteiger partial charge in [-0.15, -0.1) is 0 Å². The Labute approximate surface area is 112 Å². The molecule has 1 nitrogen and oxygen atoms in total. The lowest BCUT2D eigenvalue weighted by molar-refractivity contribution is 1.12.